The minimum absolute atomic E-state index is 0.293. The molecular formula is C34H48O5. The van der Waals surface area contributed by atoms with Gasteiger partial charge in [-0.1, -0.05) is 114 Å². The Hall–Kier alpha value is -2.66. The van der Waals surface area contributed by atoms with Gasteiger partial charge in [-0.2, -0.15) is 0 Å². The number of rotatable bonds is 16. The van der Waals surface area contributed by atoms with Crippen molar-refractivity contribution in [2.75, 3.05) is 13.2 Å². The van der Waals surface area contributed by atoms with E-state index in [9.17, 15) is 9.59 Å². The number of esters is 2. The zero-order valence-electron chi connectivity index (χ0n) is 24.1. The summed E-state index contributed by atoms with van der Waals surface area (Å²) in [5, 5.41) is 0. The topological polar surface area (TPSA) is 65.1 Å². The van der Waals surface area contributed by atoms with Crippen molar-refractivity contribution in [1.82, 2.24) is 0 Å². The lowest BCUT2D eigenvalue weighted by Crippen LogP contribution is -2.15. The second kappa shape index (κ2) is 17.8. The number of carbonyl (C=O) groups is 2. The molecule has 2 aromatic carbocycles. The van der Waals surface area contributed by atoms with E-state index in [-0.39, 0.29) is 0 Å². The zero-order chi connectivity index (χ0) is 27.7. The van der Waals surface area contributed by atoms with E-state index >= 15 is 0 Å². The quantitative estimate of drug-likeness (QED) is 0.122. The molecule has 1 aliphatic heterocycles. The summed E-state index contributed by atoms with van der Waals surface area (Å²) < 4.78 is 16.2. The fourth-order valence-corrected chi connectivity index (χ4v) is 5.06. The predicted molar refractivity (Wildman–Crippen MR) is 156 cm³/mol. The van der Waals surface area contributed by atoms with Gasteiger partial charge in [0, 0.05) is 0 Å². The Morgan fingerprint density at radius 1 is 0.692 bits per heavy atom. The number of hydrogen-bond acceptors (Lipinski definition) is 5. The van der Waals surface area contributed by atoms with E-state index in [2.05, 4.69) is 38.1 Å². The highest BCUT2D eigenvalue weighted by molar-refractivity contribution is 6.03. The van der Waals surface area contributed by atoms with Gasteiger partial charge >= 0.3 is 11.9 Å². The maximum atomic E-state index is 12.4. The summed E-state index contributed by atoms with van der Waals surface area (Å²) in [5.41, 5.74) is 3.51. The van der Waals surface area contributed by atoms with Crippen molar-refractivity contribution in [3.8, 4) is 0 Å². The highest BCUT2D eigenvalue weighted by atomic mass is 16.6. The van der Waals surface area contributed by atoms with Gasteiger partial charge in [0.15, 0.2) is 0 Å². The lowest BCUT2D eigenvalue weighted by Gasteiger charge is -2.10. The lowest BCUT2D eigenvalue weighted by molar-refractivity contribution is 0.0450. The fourth-order valence-electron chi connectivity index (χ4n) is 5.06. The summed E-state index contributed by atoms with van der Waals surface area (Å²) in [4.78, 5) is 24.7. The number of unbranched alkanes of at least 4 members (excludes halogenated alkanes) is 10. The van der Waals surface area contributed by atoms with Crippen LogP contribution in [-0.2, 0) is 20.6 Å². The first-order valence-corrected chi connectivity index (χ1v) is 15.3. The molecule has 0 N–H and O–H groups in total. The SMILES string of the molecule is CCCCCCCCOC(=O)c1ccccc1C(=O)OCCCCCCCC.c1ccc2c(c1)CCC1OC21. The maximum Gasteiger partial charge on any atom is 0.339 e. The Morgan fingerprint density at radius 3 is 1.74 bits per heavy atom. The van der Waals surface area contributed by atoms with E-state index in [0.29, 0.717) is 36.5 Å². The molecule has 0 radical (unpaired) electrons. The Labute approximate surface area is 235 Å². The molecule has 0 saturated carbocycles. The first-order valence-electron chi connectivity index (χ1n) is 15.3. The van der Waals surface area contributed by atoms with Crippen molar-refractivity contribution in [3.05, 3.63) is 70.8 Å². The third-order valence-corrected chi connectivity index (χ3v) is 7.47. The molecular weight excluding hydrogens is 488 g/mol. The molecule has 5 nitrogen and oxygen atoms in total. The van der Waals surface area contributed by atoms with Gasteiger partial charge in [-0.25, -0.2) is 9.59 Å². The maximum absolute atomic E-state index is 12.4. The highest BCUT2D eigenvalue weighted by Gasteiger charge is 2.43. The van der Waals surface area contributed by atoms with E-state index in [1.807, 2.05) is 0 Å². The van der Waals surface area contributed by atoms with Gasteiger partial charge in [0.05, 0.1) is 30.4 Å². The molecule has 1 fully saturated rings. The first-order chi connectivity index (χ1) is 19.2. The van der Waals surface area contributed by atoms with E-state index in [4.69, 9.17) is 14.2 Å². The standard InChI is InChI=1S/C24H38O4.C10H10O/c1-3-5-7-9-11-15-19-27-23(25)21-17-13-14-18-22(21)24(26)28-20-16-12-10-8-6-4-2;1-2-4-8-7(3-1)5-6-9-10(8)11-9/h13-14,17-18H,3-12,15-16,19-20H2,1-2H3;1-4,9-10H,5-6H2. The van der Waals surface area contributed by atoms with Crippen LogP contribution in [0.1, 0.15) is 135 Å². The zero-order valence-corrected chi connectivity index (χ0v) is 24.1. The lowest BCUT2D eigenvalue weighted by atomic mass is 9.92. The van der Waals surface area contributed by atoms with Crippen LogP contribution in [0.25, 0.3) is 0 Å². The summed E-state index contributed by atoms with van der Waals surface area (Å²) in [6, 6.07) is 15.4. The summed E-state index contributed by atoms with van der Waals surface area (Å²) in [5.74, 6) is -0.888. The van der Waals surface area contributed by atoms with Gasteiger partial charge in [0.2, 0.25) is 0 Å². The second-order valence-corrected chi connectivity index (χ2v) is 10.7. The van der Waals surface area contributed by atoms with E-state index < -0.39 is 11.9 Å². The van der Waals surface area contributed by atoms with Crippen LogP contribution >= 0.6 is 0 Å². The van der Waals surface area contributed by atoms with Gasteiger partial charge in [-0.3, -0.25) is 0 Å². The van der Waals surface area contributed by atoms with Crippen molar-refractivity contribution >= 4 is 11.9 Å². The van der Waals surface area contributed by atoms with Gasteiger partial charge in [-0.15, -0.1) is 0 Å². The first kappa shape index (κ1) is 30.9. The van der Waals surface area contributed by atoms with Crippen LogP contribution in [0.2, 0.25) is 0 Å². The van der Waals surface area contributed by atoms with Crippen molar-refractivity contribution in [1.29, 1.82) is 0 Å². The third kappa shape index (κ3) is 10.8. The molecule has 0 spiro atoms. The van der Waals surface area contributed by atoms with Crippen LogP contribution < -0.4 is 0 Å². The number of fused-ring (bicyclic) bond motifs is 3. The molecule has 1 aliphatic carbocycles. The van der Waals surface area contributed by atoms with E-state index in [1.165, 1.54) is 75.3 Å². The largest absolute Gasteiger partial charge is 0.462 e. The molecule has 2 aliphatic rings. The summed E-state index contributed by atoms with van der Waals surface area (Å²) in [6.07, 6.45) is 17.1. The summed E-state index contributed by atoms with van der Waals surface area (Å²) >= 11 is 0. The van der Waals surface area contributed by atoms with Crippen molar-refractivity contribution in [3.63, 3.8) is 0 Å². The van der Waals surface area contributed by atoms with Gasteiger partial charge in [0.25, 0.3) is 0 Å². The smallest absolute Gasteiger partial charge is 0.339 e. The number of benzene rings is 2. The summed E-state index contributed by atoms with van der Waals surface area (Å²) in [7, 11) is 0. The normalized spacial score (nSPS) is 16.8. The minimum atomic E-state index is -0.444. The van der Waals surface area contributed by atoms with E-state index in [1.54, 1.807) is 24.3 Å². The molecule has 4 rings (SSSR count). The number of ether oxygens (including phenoxy) is 3. The molecule has 2 aromatic rings. The van der Waals surface area contributed by atoms with E-state index in [0.717, 1.165) is 25.7 Å². The molecule has 0 bridgehead atoms. The molecule has 2 unspecified atom stereocenters. The fraction of sp³-hybridized carbons (Fsp3) is 0.588. The van der Waals surface area contributed by atoms with Gasteiger partial charge in [-0.05, 0) is 48.9 Å². The van der Waals surface area contributed by atoms with Crippen LogP contribution in [0, 0.1) is 0 Å². The minimum Gasteiger partial charge on any atom is -0.462 e. The van der Waals surface area contributed by atoms with Gasteiger partial charge in [0.1, 0.15) is 6.10 Å². The second-order valence-electron chi connectivity index (χ2n) is 10.7. The number of hydrogen-bond donors (Lipinski definition) is 0. The molecule has 39 heavy (non-hydrogen) atoms. The predicted octanol–water partition coefficient (Wildman–Crippen LogP) is 8.79. The van der Waals surface area contributed by atoms with Crippen LogP contribution in [0.4, 0.5) is 0 Å². The molecule has 0 amide bonds. The third-order valence-electron chi connectivity index (χ3n) is 7.47. The number of epoxide rings is 1. The van der Waals surface area contributed by atoms with Crippen molar-refractivity contribution in [2.24, 2.45) is 0 Å². The van der Waals surface area contributed by atoms with Crippen LogP contribution in [0.3, 0.4) is 0 Å². The van der Waals surface area contributed by atoms with Crippen LogP contribution in [-0.4, -0.2) is 31.3 Å². The van der Waals surface area contributed by atoms with Crippen molar-refractivity contribution < 1.29 is 23.8 Å². The molecule has 5 heteroatoms. The summed E-state index contributed by atoms with van der Waals surface area (Å²) in [6.45, 7) is 5.17. The molecule has 214 valence electrons. The monoisotopic (exact) mass is 536 g/mol. The number of aryl methyl sites for hydroxylation is 1. The highest BCUT2D eigenvalue weighted by Crippen LogP contribution is 2.46. The Morgan fingerprint density at radius 2 is 1.18 bits per heavy atom. The molecule has 1 saturated heterocycles. The Bertz CT molecular complexity index is 952. The van der Waals surface area contributed by atoms with Crippen LogP contribution in [0.15, 0.2) is 48.5 Å². The number of carbonyl (C=O) groups excluding carboxylic acids is 2. The average molecular weight is 537 g/mol. The Balaban J connectivity index is 0.000000308. The Kier molecular flexibility index (Phi) is 14.1. The molecule has 0 aromatic heterocycles. The van der Waals surface area contributed by atoms with Crippen molar-refractivity contribution in [2.45, 2.75) is 116 Å². The molecule has 2 atom stereocenters. The molecule has 1 heterocycles. The van der Waals surface area contributed by atoms with Crippen LogP contribution in [0.5, 0.6) is 0 Å². The average Bonchev–Trinajstić information content (AvgIpc) is 3.77. The van der Waals surface area contributed by atoms with Gasteiger partial charge < -0.3 is 14.2 Å².